The first-order valence-corrected chi connectivity index (χ1v) is 5.81. The van der Waals surface area contributed by atoms with Crippen LogP contribution in [0.1, 0.15) is 32.6 Å². The van der Waals surface area contributed by atoms with Gasteiger partial charge in [-0.15, -0.1) is 0 Å². The Morgan fingerprint density at radius 2 is 1.92 bits per heavy atom. The van der Waals surface area contributed by atoms with Crippen molar-refractivity contribution >= 4 is 0 Å². The van der Waals surface area contributed by atoms with Crippen LogP contribution in [0.3, 0.4) is 0 Å². The first kappa shape index (κ1) is 9.47. The van der Waals surface area contributed by atoms with Crippen molar-refractivity contribution in [3.05, 3.63) is 0 Å². The second-order valence-electron chi connectivity index (χ2n) is 4.71. The molecule has 2 fully saturated rings. The van der Waals surface area contributed by atoms with Gasteiger partial charge in [0.15, 0.2) is 0 Å². The summed E-state index contributed by atoms with van der Waals surface area (Å²) >= 11 is 0. The van der Waals surface area contributed by atoms with E-state index >= 15 is 0 Å². The minimum atomic E-state index is 0.908. The Morgan fingerprint density at radius 3 is 2.62 bits per heavy atom. The highest BCUT2D eigenvalue weighted by atomic mass is 15.2. The maximum Gasteiger partial charge on any atom is 0.0110 e. The largest absolute Gasteiger partial charge is 0.314 e. The minimum Gasteiger partial charge on any atom is -0.314 e. The van der Waals surface area contributed by atoms with Crippen LogP contribution in [0, 0.1) is 5.92 Å². The molecule has 2 rings (SSSR count). The summed E-state index contributed by atoms with van der Waals surface area (Å²) in [6.45, 7) is 7.36. The van der Waals surface area contributed by atoms with Crippen molar-refractivity contribution < 1.29 is 0 Å². The molecule has 0 aromatic carbocycles. The second-order valence-corrected chi connectivity index (χ2v) is 4.71. The highest BCUT2D eigenvalue weighted by molar-refractivity contribution is 4.81. The molecule has 76 valence electrons. The lowest BCUT2D eigenvalue weighted by Gasteiger charge is -2.38. The predicted molar refractivity (Wildman–Crippen MR) is 55.9 cm³/mol. The fourth-order valence-corrected chi connectivity index (χ4v) is 2.78. The normalized spacial score (nSPS) is 37.6. The number of nitrogens with one attached hydrogen (secondary N) is 1. The number of hydrogen-bond donors (Lipinski definition) is 1. The highest BCUT2D eigenvalue weighted by Gasteiger charge is 2.25. The molecule has 0 unspecified atom stereocenters. The standard InChI is InChI=1S/C11H22N2/c1-10-3-2-4-11(9-10)13-7-5-12-6-8-13/h10-12H,2-9H2,1H3/t10-,11+/m1/s1. The summed E-state index contributed by atoms with van der Waals surface area (Å²) in [7, 11) is 0. The molecule has 1 saturated carbocycles. The zero-order chi connectivity index (χ0) is 9.10. The third-order valence-electron chi connectivity index (χ3n) is 3.58. The Kier molecular flexibility index (Phi) is 3.23. The summed E-state index contributed by atoms with van der Waals surface area (Å²) < 4.78 is 0. The Morgan fingerprint density at radius 1 is 1.15 bits per heavy atom. The molecular formula is C11H22N2. The molecule has 2 aliphatic rings. The fraction of sp³-hybridized carbons (Fsp3) is 1.00. The first-order valence-electron chi connectivity index (χ1n) is 5.81. The van der Waals surface area contributed by atoms with E-state index in [0.717, 1.165) is 12.0 Å². The summed E-state index contributed by atoms with van der Waals surface area (Å²) in [6, 6.07) is 0.908. The molecule has 13 heavy (non-hydrogen) atoms. The molecule has 0 aromatic heterocycles. The molecule has 1 saturated heterocycles. The molecule has 1 N–H and O–H groups in total. The van der Waals surface area contributed by atoms with Crippen LogP contribution in [0.5, 0.6) is 0 Å². The highest BCUT2D eigenvalue weighted by Crippen LogP contribution is 2.27. The summed E-state index contributed by atoms with van der Waals surface area (Å²) in [4.78, 5) is 2.70. The van der Waals surface area contributed by atoms with Gasteiger partial charge in [0.05, 0.1) is 0 Å². The van der Waals surface area contributed by atoms with Gasteiger partial charge in [-0.3, -0.25) is 4.90 Å². The lowest BCUT2D eigenvalue weighted by molar-refractivity contribution is 0.120. The van der Waals surface area contributed by atoms with Gasteiger partial charge in [0.2, 0.25) is 0 Å². The lowest BCUT2D eigenvalue weighted by Crippen LogP contribution is -2.49. The fourth-order valence-electron chi connectivity index (χ4n) is 2.78. The van der Waals surface area contributed by atoms with Crippen LogP contribution in [0.25, 0.3) is 0 Å². The van der Waals surface area contributed by atoms with Crippen LogP contribution in [0.15, 0.2) is 0 Å². The molecule has 2 heteroatoms. The molecule has 1 heterocycles. The van der Waals surface area contributed by atoms with Crippen LogP contribution >= 0.6 is 0 Å². The van der Waals surface area contributed by atoms with E-state index in [1.807, 2.05) is 0 Å². The van der Waals surface area contributed by atoms with Crippen LogP contribution in [-0.2, 0) is 0 Å². The van der Waals surface area contributed by atoms with E-state index in [9.17, 15) is 0 Å². The van der Waals surface area contributed by atoms with Gasteiger partial charge >= 0.3 is 0 Å². The third-order valence-corrected chi connectivity index (χ3v) is 3.58. The van der Waals surface area contributed by atoms with E-state index in [1.165, 1.54) is 51.9 Å². The molecule has 0 bridgehead atoms. The average molecular weight is 182 g/mol. The van der Waals surface area contributed by atoms with Crippen LogP contribution in [0.4, 0.5) is 0 Å². The van der Waals surface area contributed by atoms with E-state index in [-0.39, 0.29) is 0 Å². The molecule has 2 nitrogen and oxygen atoms in total. The molecule has 0 spiro atoms. The summed E-state index contributed by atoms with van der Waals surface area (Å²) in [5, 5.41) is 3.42. The Hall–Kier alpha value is -0.0800. The first-order chi connectivity index (χ1) is 6.36. The van der Waals surface area contributed by atoms with Crippen molar-refractivity contribution in [1.29, 1.82) is 0 Å². The Labute approximate surface area is 81.7 Å². The maximum atomic E-state index is 3.42. The number of rotatable bonds is 1. The van der Waals surface area contributed by atoms with Gasteiger partial charge in [0, 0.05) is 32.2 Å². The summed E-state index contributed by atoms with van der Waals surface area (Å²) in [5.74, 6) is 0.966. The van der Waals surface area contributed by atoms with Crippen molar-refractivity contribution in [2.45, 2.75) is 38.6 Å². The molecule has 0 radical (unpaired) electrons. The lowest BCUT2D eigenvalue weighted by atomic mass is 9.86. The Bertz CT molecular complexity index is 152. The van der Waals surface area contributed by atoms with Gasteiger partial charge < -0.3 is 5.32 Å². The van der Waals surface area contributed by atoms with E-state index in [4.69, 9.17) is 0 Å². The predicted octanol–water partition coefficient (Wildman–Crippen LogP) is 1.47. The smallest absolute Gasteiger partial charge is 0.0110 e. The van der Waals surface area contributed by atoms with Crippen LogP contribution < -0.4 is 5.32 Å². The summed E-state index contributed by atoms with van der Waals surface area (Å²) in [6.07, 6.45) is 5.81. The second kappa shape index (κ2) is 4.43. The Balaban J connectivity index is 1.83. The van der Waals surface area contributed by atoms with E-state index < -0.39 is 0 Å². The minimum absolute atomic E-state index is 0.908. The van der Waals surface area contributed by atoms with E-state index in [2.05, 4.69) is 17.1 Å². The van der Waals surface area contributed by atoms with Gasteiger partial charge in [-0.2, -0.15) is 0 Å². The topological polar surface area (TPSA) is 15.3 Å². The molecule has 0 amide bonds. The van der Waals surface area contributed by atoms with Gasteiger partial charge in [-0.25, -0.2) is 0 Å². The third kappa shape index (κ3) is 2.44. The number of nitrogens with zero attached hydrogens (tertiary/aromatic N) is 1. The number of piperazine rings is 1. The summed E-state index contributed by atoms with van der Waals surface area (Å²) in [5.41, 5.74) is 0. The SMILES string of the molecule is C[C@@H]1CCC[C@H](N2CCNCC2)C1. The zero-order valence-corrected chi connectivity index (χ0v) is 8.76. The van der Waals surface area contributed by atoms with Gasteiger partial charge in [-0.1, -0.05) is 19.8 Å². The van der Waals surface area contributed by atoms with Gasteiger partial charge in [-0.05, 0) is 18.8 Å². The zero-order valence-electron chi connectivity index (χ0n) is 8.76. The van der Waals surface area contributed by atoms with Crippen molar-refractivity contribution in [3.63, 3.8) is 0 Å². The van der Waals surface area contributed by atoms with Gasteiger partial charge in [0.25, 0.3) is 0 Å². The van der Waals surface area contributed by atoms with Crippen LogP contribution in [0.2, 0.25) is 0 Å². The maximum absolute atomic E-state index is 3.42. The monoisotopic (exact) mass is 182 g/mol. The molecule has 2 atom stereocenters. The van der Waals surface area contributed by atoms with Crippen molar-refractivity contribution in [2.75, 3.05) is 26.2 Å². The molecule has 0 aromatic rings. The molecule has 1 aliphatic heterocycles. The van der Waals surface area contributed by atoms with Crippen molar-refractivity contribution in [3.8, 4) is 0 Å². The molecular weight excluding hydrogens is 160 g/mol. The molecule has 1 aliphatic carbocycles. The van der Waals surface area contributed by atoms with Crippen molar-refractivity contribution in [1.82, 2.24) is 10.2 Å². The van der Waals surface area contributed by atoms with Crippen LogP contribution in [-0.4, -0.2) is 37.1 Å². The quantitative estimate of drug-likeness (QED) is 0.660. The number of hydrogen-bond acceptors (Lipinski definition) is 2. The average Bonchev–Trinajstić information content (AvgIpc) is 2.19. The van der Waals surface area contributed by atoms with E-state index in [1.54, 1.807) is 0 Å². The van der Waals surface area contributed by atoms with E-state index in [0.29, 0.717) is 0 Å². The van der Waals surface area contributed by atoms with Crippen molar-refractivity contribution in [2.24, 2.45) is 5.92 Å². The van der Waals surface area contributed by atoms with Gasteiger partial charge in [0.1, 0.15) is 0 Å².